The van der Waals surface area contributed by atoms with Crippen LogP contribution in [0.3, 0.4) is 0 Å². The number of rotatable bonds is 9. The van der Waals surface area contributed by atoms with E-state index in [0.717, 1.165) is 28.1 Å². The number of halogens is 1. The number of hydrogen-bond acceptors (Lipinski definition) is 5. The van der Waals surface area contributed by atoms with Crippen molar-refractivity contribution in [2.45, 2.75) is 17.7 Å². The average Bonchev–Trinajstić information content (AvgIpc) is 3.08. The van der Waals surface area contributed by atoms with E-state index in [1.165, 1.54) is 23.5 Å². The molecule has 1 heterocycles. The highest BCUT2D eigenvalue weighted by Gasteiger charge is 2.19. The summed E-state index contributed by atoms with van der Waals surface area (Å²) < 4.78 is 14.3. The molecule has 148 valence electrons. The third kappa shape index (κ3) is 5.77. The number of benzene rings is 2. The molecular weight excluding hydrogens is 393 g/mol. The van der Waals surface area contributed by atoms with Crippen molar-refractivity contribution in [3.8, 4) is 0 Å². The Labute approximate surface area is 173 Å². The molecule has 0 unspecified atom stereocenters. The number of amides is 1. The maximum atomic E-state index is 13.5. The Morgan fingerprint density at radius 3 is 2.68 bits per heavy atom. The van der Waals surface area contributed by atoms with E-state index >= 15 is 0 Å². The molecule has 7 heteroatoms. The summed E-state index contributed by atoms with van der Waals surface area (Å²) in [6.07, 6.45) is 1.29. The largest absolute Gasteiger partial charge is 0.309 e. The monoisotopic (exact) mass is 417 g/mol. The maximum Gasteiger partial charge on any atom is 0.229 e. The first-order valence-electron chi connectivity index (χ1n) is 9.22. The molecule has 0 saturated heterocycles. The first kappa shape index (κ1) is 20.8. The molecule has 4 nitrogen and oxygen atoms in total. The van der Waals surface area contributed by atoms with Gasteiger partial charge >= 0.3 is 0 Å². The Bertz CT molecular complexity index is 914. The van der Waals surface area contributed by atoms with Gasteiger partial charge in [0.1, 0.15) is 5.82 Å². The lowest BCUT2D eigenvalue weighted by Crippen LogP contribution is -2.33. The number of nitrogens with zero attached hydrogens (tertiary/aromatic N) is 3. The molecule has 0 spiro atoms. The van der Waals surface area contributed by atoms with E-state index in [0.29, 0.717) is 23.8 Å². The number of hydrogen-bond donors (Lipinski definition) is 0. The van der Waals surface area contributed by atoms with Gasteiger partial charge in [0.25, 0.3) is 0 Å². The van der Waals surface area contributed by atoms with Gasteiger partial charge < -0.3 is 4.90 Å². The van der Waals surface area contributed by atoms with Crippen LogP contribution >= 0.6 is 23.1 Å². The summed E-state index contributed by atoms with van der Waals surface area (Å²) in [5.74, 6) is 0.487. The van der Waals surface area contributed by atoms with E-state index in [2.05, 4.69) is 9.88 Å². The minimum atomic E-state index is -0.285. The molecule has 28 heavy (non-hydrogen) atoms. The zero-order chi connectivity index (χ0) is 19.9. The van der Waals surface area contributed by atoms with Crippen LogP contribution in [0.25, 0.3) is 10.2 Å². The zero-order valence-corrected chi connectivity index (χ0v) is 17.7. The quantitative estimate of drug-likeness (QED) is 0.464. The van der Waals surface area contributed by atoms with Crippen molar-refractivity contribution >= 4 is 44.4 Å². The van der Waals surface area contributed by atoms with Crippen LogP contribution in [0, 0.1) is 5.82 Å². The Kier molecular flexibility index (Phi) is 7.42. The van der Waals surface area contributed by atoms with Gasteiger partial charge in [-0.1, -0.05) is 29.5 Å². The second-order valence-corrected chi connectivity index (χ2v) is 8.90. The summed E-state index contributed by atoms with van der Waals surface area (Å²) in [5.41, 5.74) is 0.727. The number of aromatic nitrogens is 1. The lowest BCUT2D eigenvalue weighted by atomic mass is 10.3. The van der Waals surface area contributed by atoms with Gasteiger partial charge in [0, 0.05) is 23.6 Å². The summed E-state index contributed by atoms with van der Waals surface area (Å²) in [4.78, 5) is 22.5. The van der Waals surface area contributed by atoms with E-state index in [1.54, 1.807) is 22.7 Å². The second-order valence-electron chi connectivity index (χ2n) is 6.72. The minimum absolute atomic E-state index is 0.0571. The molecule has 3 rings (SSSR count). The summed E-state index contributed by atoms with van der Waals surface area (Å²) >= 11 is 3.04. The highest BCUT2D eigenvalue weighted by molar-refractivity contribution is 7.99. The topological polar surface area (TPSA) is 36.4 Å². The third-order valence-electron chi connectivity index (χ3n) is 4.19. The molecule has 0 N–H and O–H groups in total. The van der Waals surface area contributed by atoms with E-state index in [9.17, 15) is 9.18 Å². The van der Waals surface area contributed by atoms with Crippen LogP contribution < -0.4 is 4.90 Å². The Hall–Kier alpha value is -1.96. The van der Waals surface area contributed by atoms with Crippen LogP contribution in [-0.4, -0.2) is 48.7 Å². The molecule has 1 aromatic heterocycles. The smallest absolute Gasteiger partial charge is 0.229 e. The van der Waals surface area contributed by atoms with Gasteiger partial charge in [0.15, 0.2) is 5.13 Å². The van der Waals surface area contributed by atoms with Gasteiger partial charge in [-0.15, -0.1) is 11.8 Å². The predicted molar refractivity (Wildman–Crippen MR) is 117 cm³/mol. The van der Waals surface area contributed by atoms with Gasteiger partial charge in [-0.3, -0.25) is 9.69 Å². The Morgan fingerprint density at radius 1 is 1.14 bits per heavy atom. The number of thioether (sulfide) groups is 1. The van der Waals surface area contributed by atoms with Crippen molar-refractivity contribution in [3.63, 3.8) is 0 Å². The van der Waals surface area contributed by atoms with Crippen LogP contribution in [0.2, 0.25) is 0 Å². The fourth-order valence-corrected chi connectivity index (χ4v) is 4.68. The van der Waals surface area contributed by atoms with Crippen LogP contribution in [0.1, 0.15) is 12.8 Å². The van der Waals surface area contributed by atoms with Crippen LogP contribution in [0.15, 0.2) is 53.4 Å². The van der Waals surface area contributed by atoms with Crippen LogP contribution in [0.5, 0.6) is 0 Å². The first-order chi connectivity index (χ1) is 13.5. The molecule has 0 aliphatic heterocycles. The Balaban J connectivity index is 1.70. The van der Waals surface area contributed by atoms with Crippen molar-refractivity contribution in [2.75, 3.05) is 37.8 Å². The average molecular weight is 418 g/mol. The molecule has 2 aromatic carbocycles. The fraction of sp³-hybridized carbons (Fsp3) is 0.333. The lowest BCUT2D eigenvalue weighted by molar-refractivity contribution is -0.118. The molecule has 0 bridgehead atoms. The molecule has 0 fully saturated rings. The Morgan fingerprint density at radius 2 is 1.93 bits per heavy atom. The minimum Gasteiger partial charge on any atom is -0.309 e. The normalized spacial score (nSPS) is 11.3. The van der Waals surface area contributed by atoms with Gasteiger partial charge in [0.05, 0.1) is 10.2 Å². The van der Waals surface area contributed by atoms with Crippen molar-refractivity contribution in [1.82, 2.24) is 9.88 Å². The van der Waals surface area contributed by atoms with E-state index in [1.807, 2.05) is 44.4 Å². The highest BCUT2D eigenvalue weighted by atomic mass is 32.2. The summed E-state index contributed by atoms with van der Waals surface area (Å²) in [5, 5.41) is 0.647. The van der Waals surface area contributed by atoms with Crippen molar-refractivity contribution in [2.24, 2.45) is 0 Å². The SMILES string of the molecule is CN(C)CCCN(C(=O)CCSc1ccccc1)c1nc2ccc(F)cc2s1. The van der Waals surface area contributed by atoms with Crippen molar-refractivity contribution in [3.05, 3.63) is 54.3 Å². The second kappa shape index (κ2) is 10.0. The van der Waals surface area contributed by atoms with Crippen molar-refractivity contribution in [1.29, 1.82) is 0 Å². The van der Waals surface area contributed by atoms with E-state index in [-0.39, 0.29) is 11.7 Å². The van der Waals surface area contributed by atoms with Crippen LogP contribution in [-0.2, 0) is 4.79 Å². The van der Waals surface area contributed by atoms with E-state index < -0.39 is 0 Å². The number of fused-ring (bicyclic) bond motifs is 1. The summed E-state index contributed by atoms with van der Waals surface area (Å²) in [6, 6.07) is 14.6. The number of carbonyl (C=O) groups is 1. The zero-order valence-electron chi connectivity index (χ0n) is 16.1. The van der Waals surface area contributed by atoms with Gasteiger partial charge in [-0.05, 0) is 57.4 Å². The number of thiazole rings is 1. The number of carbonyl (C=O) groups excluding carboxylic acids is 1. The molecule has 3 aromatic rings. The fourth-order valence-electron chi connectivity index (χ4n) is 2.78. The number of anilines is 1. The highest BCUT2D eigenvalue weighted by Crippen LogP contribution is 2.30. The molecule has 0 saturated carbocycles. The summed E-state index contributed by atoms with van der Waals surface area (Å²) in [6.45, 7) is 1.50. The van der Waals surface area contributed by atoms with Gasteiger partial charge in [0.2, 0.25) is 5.91 Å². The molecule has 0 aliphatic rings. The predicted octanol–water partition coefficient (Wildman–Crippen LogP) is 4.90. The standard InChI is InChI=1S/C21H24FN3OS2/c1-24(2)12-6-13-25(20(26)11-14-27-17-7-4-3-5-8-17)21-23-18-10-9-16(22)15-19(18)28-21/h3-5,7-10,15H,6,11-14H2,1-2H3. The molecule has 1 amide bonds. The van der Waals surface area contributed by atoms with E-state index in [4.69, 9.17) is 0 Å². The molecule has 0 radical (unpaired) electrons. The lowest BCUT2D eigenvalue weighted by Gasteiger charge is -2.21. The van der Waals surface area contributed by atoms with Gasteiger partial charge in [-0.25, -0.2) is 9.37 Å². The molecular formula is C21H24FN3OS2. The molecule has 0 aliphatic carbocycles. The van der Waals surface area contributed by atoms with Crippen molar-refractivity contribution < 1.29 is 9.18 Å². The molecule has 0 atom stereocenters. The van der Waals surface area contributed by atoms with Crippen LogP contribution in [0.4, 0.5) is 9.52 Å². The maximum absolute atomic E-state index is 13.5. The first-order valence-corrected chi connectivity index (χ1v) is 11.0. The third-order valence-corrected chi connectivity index (χ3v) is 6.24. The van der Waals surface area contributed by atoms with Gasteiger partial charge in [-0.2, -0.15) is 0 Å². The summed E-state index contributed by atoms with van der Waals surface area (Å²) in [7, 11) is 4.03.